The van der Waals surface area contributed by atoms with E-state index in [1.165, 1.54) is 0 Å². The van der Waals surface area contributed by atoms with Crippen LogP contribution < -0.4 is 0 Å². The van der Waals surface area contributed by atoms with Crippen LogP contribution >= 0.6 is 0 Å². The van der Waals surface area contributed by atoms with E-state index in [2.05, 4.69) is 0 Å². The van der Waals surface area contributed by atoms with Crippen molar-refractivity contribution in [2.24, 2.45) is 5.92 Å². The minimum Gasteiger partial charge on any atom is -0.396 e. The average molecular weight is 319 g/mol. The molecule has 2 rings (SSSR count). The third-order valence-corrected chi connectivity index (χ3v) is 5.04. The lowest BCUT2D eigenvalue weighted by molar-refractivity contribution is -0.133. The second-order valence-electron chi connectivity index (χ2n) is 6.53. The van der Waals surface area contributed by atoms with Gasteiger partial charge in [-0.2, -0.15) is 0 Å². The Labute approximate surface area is 139 Å². The summed E-state index contributed by atoms with van der Waals surface area (Å²) in [6.07, 6.45) is 5.77. The summed E-state index contributed by atoms with van der Waals surface area (Å²) >= 11 is 0. The molecule has 1 fully saturated rings. The highest BCUT2D eigenvalue weighted by Gasteiger charge is 2.26. The van der Waals surface area contributed by atoms with E-state index in [1.54, 1.807) is 7.11 Å². The van der Waals surface area contributed by atoms with Crippen LogP contribution in [-0.2, 0) is 9.53 Å². The topological polar surface area (TPSA) is 49.8 Å². The van der Waals surface area contributed by atoms with Crippen molar-refractivity contribution in [1.82, 2.24) is 4.90 Å². The van der Waals surface area contributed by atoms with Gasteiger partial charge in [-0.3, -0.25) is 4.79 Å². The molecule has 0 saturated heterocycles. The van der Waals surface area contributed by atoms with E-state index in [-0.39, 0.29) is 18.6 Å². The van der Waals surface area contributed by atoms with E-state index in [9.17, 15) is 9.90 Å². The fraction of sp³-hybridized carbons (Fsp3) is 0.632. The fourth-order valence-electron chi connectivity index (χ4n) is 3.52. The summed E-state index contributed by atoms with van der Waals surface area (Å²) in [5, 5.41) is 9.35. The lowest BCUT2D eigenvalue weighted by Crippen LogP contribution is -2.34. The molecule has 23 heavy (non-hydrogen) atoms. The summed E-state index contributed by atoms with van der Waals surface area (Å²) in [7, 11) is 3.62. The first-order valence-corrected chi connectivity index (χ1v) is 8.60. The molecule has 1 aromatic carbocycles. The van der Waals surface area contributed by atoms with Crippen molar-refractivity contribution >= 4 is 5.91 Å². The molecular weight excluding hydrogens is 290 g/mol. The van der Waals surface area contributed by atoms with Crippen LogP contribution in [0.1, 0.15) is 50.1 Å². The molecule has 0 radical (unpaired) electrons. The molecule has 1 amide bonds. The number of carbonyl (C=O) groups is 1. The summed E-state index contributed by atoms with van der Waals surface area (Å²) in [4.78, 5) is 14.5. The Bertz CT molecular complexity index is 469. The number of ether oxygens (including phenoxy) is 1. The molecule has 0 aromatic heterocycles. The first kappa shape index (κ1) is 18.0. The van der Waals surface area contributed by atoms with Crippen molar-refractivity contribution in [3.8, 4) is 0 Å². The van der Waals surface area contributed by atoms with Gasteiger partial charge in [0, 0.05) is 27.2 Å². The van der Waals surface area contributed by atoms with Crippen LogP contribution in [0.15, 0.2) is 30.3 Å². The molecule has 4 heteroatoms. The summed E-state index contributed by atoms with van der Waals surface area (Å²) in [6.45, 7) is 0.0795. The monoisotopic (exact) mass is 319 g/mol. The molecule has 4 nitrogen and oxygen atoms in total. The van der Waals surface area contributed by atoms with Gasteiger partial charge in [-0.25, -0.2) is 0 Å². The molecule has 0 heterocycles. The fourth-order valence-corrected chi connectivity index (χ4v) is 3.52. The van der Waals surface area contributed by atoms with Crippen molar-refractivity contribution in [2.75, 3.05) is 20.8 Å². The molecule has 1 aliphatic carbocycles. The molecule has 1 N–H and O–H groups in total. The Kier molecular flexibility index (Phi) is 7.06. The van der Waals surface area contributed by atoms with Gasteiger partial charge in [-0.1, -0.05) is 30.3 Å². The Morgan fingerprint density at radius 1 is 1.26 bits per heavy atom. The van der Waals surface area contributed by atoms with Crippen LogP contribution in [0.2, 0.25) is 0 Å². The van der Waals surface area contributed by atoms with Gasteiger partial charge in [0.25, 0.3) is 0 Å². The predicted molar refractivity (Wildman–Crippen MR) is 91.0 cm³/mol. The zero-order valence-electron chi connectivity index (χ0n) is 14.3. The Morgan fingerprint density at radius 3 is 2.48 bits per heavy atom. The minimum atomic E-state index is -0.0518. The van der Waals surface area contributed by atoms with Gasteiger partial charge in [0.05, 0.1) is 12.1 Å². The first-order valence-electron chi connectivity index (χ1n) is 8.60. The Hall–Kier alpha value is -1.39. The highest BCUT2D eigenvalue weighted by Crippen LogP contribution is 2.30. The highest BCUT2D eigenvalue weighted by atomic mass is 16.5. The van der Waals surface area contributed by atoms with Crippen LogP contribution in [0.25, 0.3) is 0 Å². The van der Waals surface area contributed by atoms with Crippen LogP contribution in [0.5, 0.6) is 0 Å². The highest BCUT2D eigenvalue weighted by molar-refractivity contribution is 5.76. The second-order valence-corrected chi connectivity index (χ2v) is 6.53. The first-order chi connectivity index (χ1) is 11.2. The average Bonchev–Trinajstić information content (AvgIpc) is 2.60. The van der Waals surface area contributed by atoms with Crippen molar-refractivity contribution < 1.29 is 14.6 Å². The number of nitrogens with zero attached hydrogens (tertiary/aromatic N) is 1. The molecule has 1 aromatic rings. The van der Waals surface area contributed by atoms with Gasteiger partial charge in [0.2, 0.25) is 5.91 Å². The van der Waals surface area contributed by atoms with Gasteiger partial charge >= 0.3 is 0 Å². The van der Waals surface area contributed by atoms with Gasteiger partial charge < -0.3 is 14.7 Å². The maximum absolute atomic E-state index is 12.7. The van der Waals surface area contributed by atoms with Crippen molar-refractivity contribution in [2.45, 2.75) is 50.7 Å². The Morgan fingerprint density at radius 2 is 1.91 bits per heavy atom. The number of hydrogen-bond acceptors (Lipinski definition) is 3. The molecule has 1 unspecified atom stereocenters. The summed E-state index contributed by atoms with van der Waals surface area (Å²) < 4.78 is 5.40. The van der Waals surface area contributed by atoms with E-state index >= 15 is 0 Å². The minimum absolute atomic E-state index is 0.0518. The van der Waals surface area contributed by atoms with E-state index in [0.29, 0.717) is 24.9 Å². The van der Waals surface area contributed by atoms with Crippen molar-refractivity contribution in [1.29, 1.82) is 0 Å². The summed E-state index contributed by atoms with van der Waals surface area (Å²) in [5.41, 5.74) is 1.08. The third kappa shape index (κ3) is 5.05. The zero-order chi connectivity index (χ0) is 16.7. The van der Waals surface area contributed by atoms with Crippen LogP contribution in [0.4, 0.5) is 0 Å². The summed E-state index contributed by atoms with van der Waals surface area (Å²) in [5.74, 6) is 0.634. The van der Waals surface area contributed by atoms with Gasteiger partial charge in [0.1, 0.15) is 0 Å². The molecule has 1 saturated carbocycles. The number of hydrogen-bond donors (Lipinski definition) is 1. The van der Waals surface area contributed by atoms with Crippen LogP contribution in [0.3, 0.4) is 0 Å². The number of aliphatic hydroxyl groups is 1. The molecule has 1 atom stereocenters. The second kappa shape index (κ2) is 9.04. The lowest BCUT2D eigenvalue weighted by Gasteiger charge is -2.32. The number of amides is 1. The van der Waals surface area contributed by atoms with E-state index in [4.69, 9.17) is 4.74 Å². The van der Waals surface area contributed by atoms with Crippen molar-refractivity contribution in [3.63, 3.8) is 0 Å². The molecule has 0 spiro atoms. The number of aliphatic hydroxyl groups excluding tert-OH is 1. The Balaban J connectivity index is 1.94. The van der Waals surface area contributed by atoms with Crippen LogP contribution in [0, 0.1) is 5.92 Å². The molecule has 1 aliphatic rings. The van der Waals surface area contributed by atoms with E-state index in [1.807, 2.05) is 42.3 Å². The third-order valence-electron chi connectivity index (χ3n) is 5.04. The standard InChI is InChI=1S/C19H29NO3/c1-20(18(12-13-21)16-6-4-3-5-7-16)19(22)14-15-8-10-17(23-2)11-9-15/h3-7,15,17-18,21H,8-14H2,1-2H3. The smallest absolute Gasteiger partial charge is 0.223 e. The quantitative estimate of drug-likeness (QED) is 0.840. The predicted octanol–water partition coefficient (Wildman–Crippen LogP) is 3.16. The maximum Gasteiger partial charge on any atom is 0.223 e. The van der Waals surface area contributed by atoms with Crippen molar-refractivity contribution in [3.05, 3.63) is 35.9 Å². The maximum atomic E-state index is 12.7. The van der Waals surface area contributed by atoms with E-state index < -0.39 is 0 Å². The molecule has 0 bridgehead atoms. The largest absolute Gasteiger partial charge is 0.396 e. The summed E-state index contributed by atoms with van der Waals surface area (Å²) in [6, 6.07) is 9.91. The zero-order valence-corrected chi connectivity index (χ0v) is 14.3. The van der Waals surface area contributed by atoms with Gasteiger partial charge in [-0.15, -0.1) is 0 Å². The molecule has 0 aliphatic heterocycles. The number of methoxy groups -OCH3 is 1. The van der Waals surface area contributed by atoms with Gasteiger partial charge in [-0.05, 0) is 43.6 Å². The molecule has 128 valence electrons. The van der Waals surface area contributed by atoms with Crippen LogP contribution in [-0.4, -0.2) is 42.8 Å². The molecular formula is C19H29NO3. The normalized spacial score (nSPS) is 22.6. The number of benzene rings is 1. The lowest BCUT2D eigenvalue weighted by atomic mass is 9.85. The van der Waals surface area contributed by atoms with E-state index in [0.717, 1.165) is 31.2 Å². The SMILES string of the molecule is COC1CCC(CC(=O)N(C)C(CCO)c2ccccc2)CC1. The number of carbonyl (C=O) groups excluding carboxylic acids is 1. The number of rotatable bonds is 7. The van der Waals surface area contributed by atoms with Gasteiger partial charge in [0.15, 0.2) is 0 Å².